The lowest BCUT2D eigenvalue weighted by Crippen LogP contribution is -2.51. The summed E-state index contributed by atoms with van der Waals surface area (Å²) in [7, 11) is 0. The zero-order chi connectivity index (χ0) is 23.7. The molecule has 0 unspecified atom stereocenters. The molecule has 6 nitrogen and oxygen atoms in total. The van der Waals surface area contributed by atoms with Gasteiger partial charge in [0, 0.05) is 24.6 Å². The maximum absolute atomic E-state index is 13.8. The molecule has 2 aliphatic rings. The smallest absolute Gasteiger partial charge is 0.322 e. The van der Waals surface area contributed by atoms with E-state index in [1.54, 1.807) is 4.90 Å². The van der Waals surface area contributed by atoms with Crippen molar-refractivity contribution in [1.82, 2.24) is 10.2 Å². The second-order valence-electron chi connectivity index (χ2n) is 9.17. The van der Waals surface area contributed by atoms with E-state index >= 15 is 0 Å². The third-order valence-corrected chi connectivity index (χ3v) is 6.71. The van der Waals surface area contributed by atoms with Crippen molar-refractivity contribution >= 4 is 23.5 Å². The van der Waals surface area contributed by atoms with Gasteiger partial charge in [0.15, 0.2) is 0 Å². The first-order valence-electron chi connectivity index (χ1n) is 11.6. The maximum Gasteiger partial charge on any atom is 0.325 e. The van der Waals surface area contributed by atoms with Crippen LogP contribution in [0.15, 0.2) is 84.9 Å². The van der Waals surface area contributed by atoms with Crippen LogP contribution in [0.1, 0.15) is 23.6 Å². The second kappa shape index (κ2) is 8.78. The normalized spacial score (nSPS) is 18.7. The number of nitrogens with one attached hydrogen (secondary N) is 1. The molecule has 0 bridgehead atoms. The summed E-state index contributed by atoms with van der Waals surface area (Å²) in [6.07, 6.45) is 1.45. The van der Waals surface area contributed by atoms with Crippen molar-refractivity contribution in [1.29, 1.82) is 0 Å². The van der Waals surface area contributed by atoms with Gasteiger partial charge in [-0.05, 0) is 36.1 Å². The Bertz CT molecular complexity index is 1180. The molecule has 1 saturated heterocycles. The van der Waals surface area contributed by atoms with E-state index in [2.05, 4.69) is 5.32 Å². The van der Waals surface area contributed by atoms with Gasteiger partial charge < -0.3 is 10.2 Å². The van der Waals surface area contributed by atoms with Crippen LogP contribution in [0.3, 0.4) is 0 Å². The summed E-state index contributed by atoms with van der Waals surface area (Å²) in [5, 5.41) is 2.96. The van der Waals surface area contributed by atoms with Gasteiger partial charge in [-0.2, -0.15) is 0 Å². The van der Waals surface area contributed by atoms with Crippen LogP contribution in [-0.2, 0) is 28.9 Å². The zero-order valence-electron chi connectivity index (χ0n) is 19.1. The number of hydrogen-bond acceptors (Lipinski definition) is 3. The van der Waals surface area contributed by atoms with Crippen molar-refractivity contribution in [3.05, 3.63) is 102 Å². The van der Waals surface area contributed by atoms with Crippen LogP contribution in [0.25, 0.3) is 0 Å². The van der Waals surface area contributed by atoms with E-state index < -0.39 is 11.6 Å². The summed E-state index contributed by atoms with van der Waals surface area (Å²) < 4.78 is 0. The van der Waals surface area contributed by atoms with Crippen molar-refractivity contribution in [2.75, 3.05) is 11.4 Å². The summed E-state index contributed by atoms with van der Waals surface area (Å²) in [6, 6.07) is 26.5. The Morgan fingerprint density at radius 2 is 1.44 bits per heavy atom. The molecule has 2 aliphatic heterocycles. The molecular weight excluding hydrogens is 426 g/mol. The predicted molar refractivity (Wildman–Crippen MR) is 130 cm³/mol. The molecule has 3 aromatic carbocycles. The molecule has 0 radical (unpaired) electrons. The highest BCUT2D eigenvalue weighted by atomic mass is 16.2. The molecular formula is C28H27N3O3. The number of anilines is 1. The monoisotopic (exact) mass is 453 g/mol. The first kappa shape index (κ1) is 21.9. The number of amides is 4. The third-order valence-electron chi connectivity index (χ3n) is 6.71. The van der Waals surface area contributed by atoms with Gasteiger partial charge in [0.1, 0.15) is 12.1 Å². The summed E-state index contributed by atoms with van der Waals surface area (Å²) >= 11 is 0. The maximum atomic E-state index is 13.8. The molecule has 1 atom stereocenters. The molecule has 3 aromatic rings. The van der Waals surface area contributed by atoms with Gasteiger partial charge >= 0.3 is 6.03 Å². The molecule has 0 aromatic heterocycles. The Morgan fingerprint density at radius 3 is 2.06 bits per heavy atom. The first-order valence-corrected chi connectivity index (χ1v) is 11.6. The van der Waals surface area contributed by atoms with Crippen LogP contribution in [0.5, 0.6) is 0 Å². The molecule has 34 heavy (non-hydrogen) atoms. The van der Waals surface area contributed by atoms with E-state index in [4.69, 9.17) is 0 Å². The summed E-state index contributed by atoms with van der Waals surface area (Å²) in [5.74, 6) is -0.616. The standard InChI is InChI=1S/C28H27N3O3/c1-20-16-23-14-8-9-15-24(23)31(20)25(32)19-30-26(33)28(29-27(30)34,17-21-10-4-2-5-11-21)18-22-12-6-3-7-13-22/h2-15,20H,16-19H2,1H3,(H,29,34)/t20-/m1/s1. The number of fused-ring (bicyclic) bond motifs is 1. The number of imide groups is 1. The van der Waals surface area contributed by atoms with Crippen molar-refractivity contribution in [2.24, 2.45) is 0 Å². The van der Waals surface area contributed by atoms with E-state index in [1.807, 2.05) is 91.9 Å². The van der Waals surface area contributed by atoms with Gasteiger partial charge in [-0.3, -0.25) is 14.5 Å². The van der Waals surface area contributed by atoms with Crippen LogP contribution in [0.4, 0.5) is 10.5 Å². The molecule has 0 saturated carbocycles. The highest BCUT2D eigenvalue weighted by Crippen LogP contribution is 2.33. The average Bonchev–Trinajstić information content (AvgIpc) is 3.28. The van der Waals surface area contributed by atoms with Crippen molar-refractivity contribution in [3.8, 4) is 0 Å². The van der Waals surface area contributed by atoms with Crippen LogP contribution >= 0.6 is 0 Å². The highest BCUT2D eigenvalue weighted by molar-refractivity contribution is 6.11. The molecule has 5 rings (SSSR count). The molecule has 2 heterocycles. The molecule has 172 valence electrons. The second-order valence-corrected chi connectivity index (χ2v) is 9.17. The zero-order valence-corrected chi connectivity index (χ0v) is 19.1. The van der Waals surface area contributed by atoms with E-state index in [9.17, 15) is 14.4 Å². The summed E-state index contributed by atoms with van der Waals surface area (Å²) in [4.78, 5) is 43.0. The van der Waals surface area contributed by atoms with Crippen LogP contribution in [0, 0.1) is 0 Å². The minimum absolute atomic E-state index is 0.0240. The quantitative estimate of drug-likeness (QED) is 0.578. The van der Waals surface area contributed by atoms with Crippen molar-refractivity contribution < 1.29 is 14.4 Å². The number of rotatable bonds is 6. The molecule has 1 fully saturated rings. The highest BCUT2D eigenvalue weighted by Gasteiger charge is 2.52. The van der Waals surface area contributed by atoms with E-state index in [0.29, 0.717) is 12.8 Å². The first-order chi connectivity index (χ1) is 16.5. The Hall–Kier alpha value is -3.93. The minimum atomic E-state index is -1.14. The number of nitrogens with zero attached hydrogens (tertiary/aromatic N) is 2. The van der Waals surface area contributed by atoms with Crippen molar-refractivity contribution in [3.63, 3.8) is 0 Å². The third kappa shape index (κ3) is 3.96. The van der Waals surface area contributed by atoms with Gasteiger partial charge in [0.05, 0.1) is 0 Å². The number of carbonyl (C=O) groups excluding carboxylic acids is 3. The van der Waals surface area contributed by atoms with E-state index in [-0.39, 0.29) is 24.4 Å². The fourth-order valence-corrected chi connectivity index (χ4v) is 5.17. The topological polar surface area (TPSA) is 69.7 Å². The van der Waals surface area contributed by atoms with Gasteiger partial charge in [0.25, 0.3) is 5.91 Å². The Labute approximate surface area is 199 Å². The molecule has 6 heteroatoms. The SMILES string of the molecule is C[C@@H]1Cc2ccccc2N1C(=O)CN1C(=O)NC(Cc2ccccc2)(Cc2ccccc2)C1=O. The molecule has 0 aliphatic carbocycles. The summed E-state index contributed by atoms with van der Waals surface area (Å²) in [5.41, 5.74) is 2.70. The van der Waals surface area contributed by atoms with Gasteiger partial charge in [-0.15, -0.1) is 0 Å². The predicted octanol–water partition coefficient (Wildman–Crippen LogP) is 3.74. The van der Waals surface area contributed by atoms with Crippen LogP contribution in [-0.4, -0.2) is 40.9 Å². The van der Waals surface area contributed by atoms with Gasteiger partial charge in [-0.25, -0.2) is 4.79 Å². The van der Waals surface area contributed by atoms with Crippen LogP contribution < -0.4 is 10.2 Å². The largest absolute Gasteiger partial charge is 0.325 e. The molecule has 4 amide bonds. The lowest BCUT2D eigenvalue weighted by molar-refractivity contribution is -0.134. The number of benzene rings is 3. The summed E-state index contributed by atoms with van der Waals surface area (Å²) in [6.45, 7) is 1.70. The number of para-hydroxylation sites is 1. The molecule has 0 spiro atoms. The number of carbonyl (C=O) groups is 3. The minimum Gasteiger partial charge on any atom is -0.322 e. The average molecular weight is 454 g/mol. The Balaban J connectivity index is 1.42. The number of hydrogen-bond donors (Lipinski definition) is 1. The Morgan fingerprint density at radius 1 is 0.882 bits per heavy atom. The molecule has 1 N–H and O–H groups in total. The number of urea groups is 1. The van der Waals surface area contributed by atoms with Gasteiger partial charge in [-0.1, -0.05) is 78.9 Å². The van der Waals surface area contributed by atoms with E-state index in [1.165, 1.54) is 0 Å². The lowest BCUT2D eigenvalue weighted by atomic mass is 9.84. The van der Waals surface area contributed by atoms with E-state index in [0.717, 1.165) is 33.7 Å². The van der Waals surface area contributed by atoms with Crippen molar-refractivity contribution in [2.45, 2.75) is 37.8 Å². The van der Waals surface area contributed by atoms with Gasteiger partial charge in [0.2, 0.25) is 5.91 Å². The fourth-order valence-electron chi connectivity index (χ4n) is 5.17. The Kier molecular flexibility index (Phi) is 5.65. The fraction of sp³-hybridized carbons (Fsp3) is 0.250. The lowest BCUT2D eigenvalue weighted by Gasteiger charge is -2.28. The van der Waals surface area contributed by atoms with Crippen LogP contribution in [0.2, 0.25) is 0 Å².